The Bertz CT molecular complexity index is 1540. The average molecular weight is 747 g/mol. The molecule has 1 saturated heterocycles. The van der Waals surface area contributed by atoms with Crippen LogP contribution in [0, 0.1) is 11.8 Å². The first-order valence-electron chi connectivity index (χ1n) is 19.2. The molecule has 6 N–H and O–H groups in total. The second kappa shape index (κ2) is 25.9. The minimum atomic E-state index is -0.752. The van der Waals surface area contributed by atoms with E-state index in [2.05, 4.69) is 15.0 Å². The fraction of sp³-hybridized carbons (Fsp3) is 0.476. The summed E-state index contributed by atoms with van der Waals surface area (Å²) >= 11 is 0. The molecule has 0 saturated carbocycles. The molecule has 12 nitrogen and oxygen atoms in total. The maximum atomic E-state index is 12.0. The lowest BCUT2D eigenvalue weighted by molar-refractivity contribution is -0.146. The third-order valence-corrected chi connectivity index (χ3v) is 8.56. The second-order valence-electron chi connectivity index (χ2n) is 12.7. The van der Waals surface area contributed by atoms with Gasteiger partial charge in [0.2, 0.25) is 0 Å². The number of amidine groups is 2. The van der Waals surface area contributed by atoms with E-state index < -0.39 is 18.1 Å². The smallest absolute Gasteiger partial charge is 0.435 e. The molecule has 0 spiro atoms. The maximum absolute atomic E-state index is 12.0. The van der Waals surface area contributed by atoms with Crippen molar-refractivity contribution in [3.8, 4) is 11.5 Å². The van der Waals surface area contributed by atoms with E-state index in [0.717, 1.165) is 56.0 Å². The molecule has 0 bridgehead atoms. The third-order valence-electron chi connectivity index (χ3n) is 8.56. The number of nitrogens with two attached hydrogens (primary N) is 3. The van der Waals surface area contributed by atoms with Gasteiger partial charge in [-0.05, 0) is 111 Å². The number of rotatable bonds is 17. The van der Waals surface area contributed by atoms with Gasteiger partial charge in [0.25, 0.3) is 0 Å². The minimum absolute atomic E-state index is 0.0568. The highest BCUT2D eigenvalue weighted by Gasteiger charge is 2.20. The first-order chi connectivity index (χ1) is 26.2. The highest BCUT2D eigenvalue weighted by Crippen LogP contribution is 2.23. The van der Waals surface area contributed by atoms with Crippen molar-refractivity contribution in [1.82, 2.24) is 4.90 Å². The molecule has 1 amide bonds. The van der Waals surface area contributed by atoms with Gasteiger partial charge >= 0.3 is 12.1 Å². The Kier molecular flexibility index (Phi) is 21.7. The predicted octanol–water partition coefficient (Wildman–Crippen LogP) is 7.27. The molecule has 3 aromatic carbocycles. The lowest BCUT2D eigenvalue weighted by atomic mass is 9.92. The topological polar surface area (TPSA) is 177 Å². The number of piperidine rings is 1. The zero-order valence-electron chi connectivity index (χ0n) is 33.0. The molecule has 0 radical (unpaired) electrons. The lowest BCUT2D eigenvalue weighted by Gasteiger charge is -2.32. The SMILES string of the molecule is CC.CC.CC(C)C(N)C(=O)O/N=C(\N)c1ccc(OCCCN2CCC(CCCOc3ccc(/C(N)=N/C(=O)OCc4ccccc4)cc3)CC2)cc1. The van der Waals surface area contributed by atoms with E-state index in [1.165, 1.54) is 12.8 Å². The molecule has 1 aliphatic heterocycles. The Morgan fingerprint density at radius 1 is 0.778 bits per heavy atom. The molecule has 3 aromatic rings. The summed E-state index contributed by atoms with van der Waals surface area (Å²) < 4.78 is 17.0. The Hall–Kier alpha value is -4.94. The fourth-order valence-corrected chi connectivity index (χ4v) is 5.38. The van der Waals surface area contributed by atoms with E-state index in [-0.39, 0.29) is 24.2 Å². The van der Waals surface area contributed by atoms with E-state index in [1.54, 1.807) is 24.3 Å². The van der Waals surface area contributed by atoms with Gasteiger partial charge in [0, 0.05) is 17.7 Å². The van der Waals surface area contributed by atoms with Crippen LogP contribution in [0.25, 0.3) is 0 Å². The molecule has 1 atom stereocenters. The summed E-state index contributed by atoms with van der Waals surface area (Å²) in [6.07, 6.45) is 4.71. The van der Waals surface area contributed by atoms with Crippen LogP contribution in [0.4, 0.5) is 4.79 Å². The summed E-state index contributed by atoms with van der Waals surface area (Å²) in [7, 11) is 0. The van der Waals surface area contributed by atoms with E-state index in [9.17, 15) is 9.59 Å². The number of ether oxygens (including phenoxy) is 3. The van der Waals surface area contributed by atoms with Crippen LogP contribution in [-0.2, 0) is 21.0 Å². The van der Waals surface area contributed by atoms with Crippen LogP contribution in [0.5, 0.6) is 11.5 Å². The van der Waals surface area contributed by atoms with Crippen LogP contribution in [0.3, 0.4) is 0 Å². The number of nitrogens with zero attached hydrogens (tertiary/aromatic N) is 3. The van der Waals surface area contributed by atoms with Gasteiger partial charge in [0.15, 0.2) is 5.84 Å². The maximum Gasteiger partial charge on any atom is 0.435 e. The van der Waals surface area contributed by atoms with Crippen LogP contribution >= 0.6 is 0 Å². The van der Waals surface area contributed by atoms with E-state index in [1.807, 2.05) is 96.1 Å². The Morgan fingerprint density at radius 2 is 1.31 bits per heavy atom. The van der Waals surface area contributed by atoms with Crippen LogP contribution in [0.1, 0.15) is 90.3 Å². The van der Waals surface area contributed by atoms with Crippen LogP contribution < -0.4 is 26.7 Å². The van der Waals surface area contributed by atoms with Crippen molar-refractivity contribution in [2.24, 2.45) is 39.2 Å². The molecule has 1 fully saturated rings. The van der Waals surface area contributed by atoms with Crippen molar-refractivity contribution in [2.45, 2.75) is 86.3 Å². The Labute approximate surface area is 322 Å². The van der Waals surface area contributed by atoms with Gasteiger partial charge in [-0.15, -0.1) is 0 Å². The summed E-state index contributed by atoms with van der Waals surface area (Å²) in [6.45, 7) is 16.3. The van der Waals surface area contributed by atoms with Crippen molar-refractivity contribution in [2.75, 3.05) is 32.8 Å². The molecule has 4 rings (SSSR count). The lowest BCUT2D eigenvalue weighted by Crippen LogP contribution is -2.36. The quantitative estimate of drug-likeness (QED) is 0.0419. The Morgan fingerprint density at radius 3 is 1.87 bits per heavy atom. The number of benzene rings is 3. The van der Waals surface area contributed by atoms with Crippen molar-refractivity contribution in [3.63, 3.8) is 0 Å². The largest absolute Gasteiger partial charge is 0.494 e. The zero-order valence-corrected chi connectivity index (χ0v) is 33.0. The number of aliphatic imine (C=N–C) groups is 1. The highest BCUT2D eigenvalue weighted by atomic mass is 16.7. The van der Waals surface area contributed by atoms with E-state index in [0.29, 0.717) is 30.3 Å². The summed E-state index contributed by atoms with van der Waals surface area (Å²) in [5.74, 6) is 1.72. The second-order valence-corrected chi connectivity index (χ2v) is 12.7. The van der Waals surface area contributed by atoms with E-state index >= 15 is 0 Å². The predicted molar refractivity (Wildman–Crippen MR) is 217 cm³/mol. The number of oxime groups is 1. The van der Waals surface area contributed by atoms with Crippen LogP contribution in [0.15, 0.2) is 89.0 Å². The molecule has 1 aliphatic rings. The first-order valence-corrected chi connectivity index (χ1v) is 19.2. The number of amides is 1. The van der Waals surface area contributed by atoms with Gasteiger partial charge in [-0.3, -0.25) is 0 Å². The van der Waals surface area contributed by atoms with Crippen molar-refractivity contribution >= 4 is 23.7 Å². The number of hydrogen-bond acceptors (Lipinski definition) is 9. The van der Waals surface area contributed by atoms with E-state index in [4.69, 9.17) is 36.2 Å². The molecule has 296 valence electrons. The van der Waals surface area contributed by atoms with Crippen LogP contribution in [0.2, 0.25) is 0 Å². The molecule has 0 aromatic heterocycles. The molecule has 1 unspecified atom stereocenters. The first kappa shape index (κ1) is 45.2. The third kappa shape index (κ3) is 16.8. The summed E-state index contributed by atoms with van der Waals surface area (Å²) in [4.78, 5) is 35.1. The molecule has 54 heavy (non-hydrogen) atoms. The number of hydrogen-bond donors (Lipinski definition) is 3. The monoisotopic (exact) mass is 746 g/mol. The van der Waals surface area contributed by atoms with Gasteiger partial charge < -0.3 is 41.1 Å². The minimum Gasteiger partial charge on any atom is -0.494 e. The van der Waals surface area contributed by atoms with Gasteiger partial charge in [-0.1, -0.05) is 77.0 Å². The molecule has 12 heteroatoms. The van der Waals surface area contributed by atoms with Crippen LogP contribution in [-0.4, -0.2) is 67.5 Å². The molecular formula is C42H62N6O6. The van der Waals surface area contributed by atoms with Gasteiger partial charge in [0.05, 0.1) is 13.2 Å². The molecule has 0 aliphatic carbocycles. The summed E-state index contributed by atoms with van der Waals surface area (Å²) in [5.41, 5.74) is 19.9. The Balaban J connectivity index is 0.00000244. The molecule has 1 heterocycles. The number of carbonyl (C=O) groups excluding carboxylic acids is 2. The summed E-state index contributed by atoms with van der Waals surface area (Å²) in [6, 6.07) is 23.1. The number of likely N-dealkylation sites (tertiary alicyclic amines) is 1. The standard InChI is InChI=1S/C38H50N6O6.2C2H6/c1-27(2)34(39)37(45)50-43-36(41)31-13-17-33(18-14-31)48-25-7-21-44-22-19-28(20-23-44)10-6-24-47-32-15-11-30(12-16-32)35(40)42-38(46)49-26-29-8-4-3-5-9-29;2*1-2/h3-5,8-9,11-18,27-28,34H,6-7,10,19-26,39H2,1-2H3,(H2,41,43)(H2,40,42,46);2*1-2H3. The average Bonchev–Trinajstić information content (AvgIpc) is 3.21. The highest BCUT2D eigenvalue weighted by molar-refractivity contribution is 6.02. The van der Waals surface area contributed by atoms with Crippen molar-refractivity contribution in [3.05, 3.63) is 95.6 Å². The van der Waals surface area contributed by atoms with Crippen molar-refractivity contribution in [1.29, 1.82) is 0 Å². The summed E-state index contributed by atoms with van der Waals surface area (Å²) in [5, 5.41) is 3.71. The van der Waals surface area contributed by atoms with Gasteiger partial charge in [-0.25, -0.2) is 9.59 Å². The van der Waals surface area contributed by atoms with Gasteiger partial charge in [-0.2, -0.15) is 4.99 Å². The van der Waals surface area contributed by atoms with Crippen molar-refractivity contribution < 1.29 is 28.6 Å². The normalized spacial score (nSPS) is 14.1. The fourth-order valence-electron chi connectivity index (χ4n) is 5.38. The van der Waals surface area contributed by atoms with Gasteiger partial charge in [0.1, 0.15) is 30.0 Å². The number of carbonyl (C=O) groups is 2. The zero-order chi connectivity index (χ0) is 39.7. The molecular weight excluding hydrogens is 684 g/mol.